The molecule has 0 spiro atoms. The summed E-state index contributed by atoms with van der Waals surface area (Å²) in [7, 11) is 0. The predicted molar refractivity (Wildman–Crippen MR) is 206 cm³/mol. The van der Waals surface area contributed by atoms with Gasteiger partial charge in [-0.05, 0) is 84.0 Å². The number of likely N-dealkylation sites (tertiary alicyclic amines) is 1. The average molecular weight is 658 g/mol. The van der Waals surface area contributed by atoms with Gasteiger partial charge in [0.05, 0.1) is 18.3 Å². The molecule has 0 amide bonds. The van der Waals surface area contributed by atoms with E-state index in [1.807, 2.05) is 6.92 Å². The highest BCUT2D eigenvalue weighted by Crippen LogP contribution is 2.19. The molecule has 1 N–H and O–H groups in total. The molecule has 1 unspecified atom stereocenters. The van der Waals surface area contributed by atoms with E-state index in [0.717, 1.165) is 52.0 Å². The van der Waals surface area contributed by atoms with Gasteiger partial charge in [-0.25, -0.2) is 0 Å². The lowest BCUT2D eigenvalue weighted by atomic mass is 10.1. The van der Waals surface area contributed by atoms with Gasteiger partial charge in [0.1, 0.15) is 0 Å². The van der Waals surface area contributed by atoms with Gasteiger partial charge >= 0.3 is 0 Å². The van der Waals surface area contributed by atoms with Gasteiger partial charge in [0.2, 0.25) is 0 Å². The summed E-state index contributed by atoms with van der Waals surface area (Å²) in [6.45, 7) is 10.5. The second-order valence-electron chi connectivity index (χ2n) is 14.1. The second-order valence-corrected chi connectivity index (χ2v) is 14.1. The van der Waals surface area contributed by atoms with Crippen LogP contribution in [0, 0.1) is 0 Å². The van der Waals surface area contributed by atoms with Crippen molar-refractivity contribution < 1.29 is 14.6 Å². The largest absolute Gasteiger partial charge is 0.392 e. The quantitative estimate of drug-likeness (QED) is 0.0552. The lowest BCUT2D eigenvalue weighted by molar-refractivity contribution is -0.0481. The summed E-state index contributed by atoms with van der Waals surface area (Å²) in [5.74, 6) is 0. The van der Waals surface area contributed by atoms with Crippen molar-refractivity contribution in [1.29, 1.82) is 0 Å². The molecule has 47 heavy (non-hydrogen) atoms. The molecular weight excluding hydrogens is 578 g/mol. The molecule has 0 bridgehead atoms. The fraction of sp³-hybridized carbons (Fsp3) is 0.814. The third-order valence-electron chi connectivity index (χ3n) is 9.17. The minimum absolute atomic E-state index is 0.135. The van der Waals surface area contributed by atoms with Crippen LogP contribution in [-0.2, 0) is 9.47 Å². The first kappa shape index (κ1) is 43.8. The fourth-order valence-electron chi connectivity index (χ4n) is 6.31. The first-order valence-corrected chi connectivity index (χ1v) is 20.4. The molecule has 0 aromatic carbocycles. The average Bonchev–Trinajstić information content (AvgIpc) is 3.44. The van der Waals surface area contributed by atoms with Crippen molar-refractivity contribution in [2.75, 3.05) is 32.8 Å². The van der Waals surface area contributed by atoms with Gasteiger partial charge in [0, 0.05) is 32.8 Å². The van der Waals surface area contributed by atoms with E-state index in [4.69, 9.17) is 9.47 Å². The summed E-state index contributed by atoms with van der Waals surface area (Å²) < 4.78 is 12.7. The topological polar surface area (TPSA) is 41.9 Å². The number of aliphatic hydroxyl groups is 1. The maximum Gasteiger partial charge on any atom is 0.0975 e. The van der Waals surface area contributed by atoms with Crippen LogP contribution >= 0.6 is 0 Å². The van der Waals surface area contributed by atoms with Crippen molar-refractivity contribution in [2.24, 2.45) is 0 Å². The highest BCUT2D eigenvalue weighted by Gasteiger charge is 2.34. The van der Waals surface area contributed by atoms with E-state index < -0.39 is 0 Å². The Morgan fingerprint density at radius 1 is 0.511 bits per heavy atom. The SMILES string of the molecule is CCCCC/C=C\C/C=C\CCCCCCCCO[C@@H]1CN(CC(C)O)C[C@H]1OCCCCCCCC/C=C\C/C=C\CCCCC. The van der Waals surface area contributed by atoms with Crippen LogP contribution in [0.2, 0.25) is 0 Å². The molecule has 0 aromatic heterocycles. The van der Waals surface area contributed by atoms with Gasteiger partial charge in [0.25, 0.3) is 0 Å². The fourth-order valence-corrected chi connectivity index (χ4v) is 6.31. The molecule has 1 heterocycles. The Bertz CT molecular complexity index is 700. The number of hydrogen-bond donors (Lipinski definition) is 1. The number of ether oxygens (including phenoxy) is 2. The van der Waals surface area contributed by atoms with E-state index in [9.17, 15) is 5.11 Å². The van der Waals surface area contributed by atoms with Crippen LogP contribution in [0.3, 0.4) is 0 Å². The first-order valence-electron chi connectivity index (χ1n) is 20.4. The van der Waals surface area contributed by atoms with Crippen LogP contribution in [-0.4, -0.2) is 61.2 Å². The zero-order chi connectivity index (χ0) is 33.9. The summed E-state index contributed by atoms with van der Waals surface area (Å²) >= 11 is 0. The van der Waals surface area contributed by atoms with Gasteiger partial charge in [-0.3, -0.25) is 4.90 Å². The van der Waals surface area contributed by atoms with Crippen molar-refractivity contribution in [2.45, 2.75) is 193 Å². The van der Waals surface area contributed by atoms with Crippen LogP contribution in [0.1, 0.15) is 175 Å². The van der Waals surface area contributed by atoms with Crippen LogP contribution in [0.15, 0.2) is 48.6 Å². The number of unbranched alkanes of at least 4 members (excludes halogenated alkanes) is 18. The normalized spacial score (nSPS) is 18.3. The van der Waals surface area contributed by atoms with Gasteiger partial charge in [-0.2, -0.15) is 0 Å². The molecule has 1 aliphatic heterocycles. The number of rotatable bonds is 34. The summed E-state index contributed by atoms with van der Waals surface area (Å²) in [5, 5.41) is 9.91. The van der Waals surface area contributed by atoms with Crippen LogP contribution in [0.4, 0.5) is 0 Å². The Labute approximate surface area is 293 Å². The summed E-state index contributed by atoms with van der Waals surface area (Å²) in [6, 6.07) is 0. The second kappa shape index (κ2) is 34.7. The number of β-amino-alcohol motifs (C(OH)–C–C–N with tert-alkyl or cyclic N) is 1. The molecule has 4 heteroatoms. The molecular formula is C43H79NO3. The molecule has 1 saturated heterocycles. The number of nitrogens with zero attached hydrogens (tertiary/aromatic N) is 1. The van der Waals surface area contributed by atoms with Crippen molar-refractivity contribution in [3.8, 4) is 0 Å². The monoisotopic (exact) mass is 658 g/mol. The number of hydrogen-bond acceptors (Lipinski definition) is 4. The number of aliphatic hydroxyl groups excluding tert-OH is 1. The molecule has 0 aromatic rings. The summed E-state index contributed by atoms with van der Waals surface area (Å²) in [4.78, 5) is 2.32. The zero-order valence-electron chi connectivity index (χ0n) is 31.6. The number of allylic oxidation sites excluding steroid dienone is 8. The molecule has 1 aliphatic rings. The predicted octanol–water partition coefficient (Wildman–Crippen LogP) is 12.1. The van der Waals surface area contributed by atoms with E-state index >= 15 is 0 Å². The van der Waals surface area contributed by atoms with Crippen molar-refractivity contribution in [3.05, 3.63) is 48.6 Å². The van der Waals surface area contributed by atoms with E-state index in [-0.39, 0.29) is 18.3 Å². The van der Waals surface area contributed by atoms with Crippen molar-refractivity contribution in [3.63, 3.8) is 0 Å². The molecule has 0 radical (unpaired) electrons. The Morgan fingerprint density at radius 3 is 1.21 bits per heavy atom. The minimum atomic E-state index is -0.310. The molecule has 4 nitrogen and oxygen atoms in total. The van der Waals surface area contributed by atoms with Crippen LogP contribution in [0.25, 0.3) is 0 Å². The Kier molecular flexibility index (Phi) is 32.3. The molecule has 1 fully saturated rings. The van der Waals surface area contributed by atoms with Gasteiger partial charge in [-0.15, -0.1) is 0 Å². The maximum atomic E-state index is 9.91. The van der Waals surface area contributed by atoms with Crippen molar-refractivity contribution >= 4 is 0 Å². The Balaban J connectivity index is 2.04. The Hall–Kier alpha value is -1.20. The van der Waals surface area contributed by atoms with Gasteiger partial charge < -0.3 is 14.6 Å². The highest BCUT2D eigenvalue weighted by molar-refractivity contribution is 4.93. The lowest BCUT2D eigenvalue weighted by Crippen LogP contribution is -2.30. The minimum Gasteiger partial charge on any atom is -0.392 e. The third-order valence-corrected chi connectivity index (χ3v) is 9.17. The van der Waals surface area contributed by atoms with Gasteiger partial charge in [-0.1, -0.05) is 140 Å². The van der Waals surface area contributed by atoms with E-state index in [2.05, 4.69) is 67.4 Å². The highest BCUT2D eigenvalue weighted by atomic mass is 16.5. The standard InChI is InChI=1S/C43H79NO3/c1-4-6-8-10-12-14-16-18-20-22-24-26-28-30-32-34-36-46-42-39-44(38-41(3)45)40-43(42)47-37-35-33-31-29-27-25-23-21-19-17-15-13-11-9-7-5-2/h12-15,18-21,41-43,45H,4-11,16-17,22-40H2,1-3H3/b14-12-,15-13-,20-18-,21-19-/t41?,42-,43-/m1/s1. The van der Waals surface area contributed by atoms with E-state index in [0.29, 0.717) is 6.54 Å². The molecule has 274 valence electrons. The smallest absolute Gasteiger partial charge is 0.0975 e. The zero-order valence-corrected chi connectivity index (χ0v) is 31.6. The third kappa shape index (κ3) is 29.4. The molecule has 3 atom stereocenters. The Morgan fingerprint density at radius 2 is 0.851 bits per heavy atom. The maximum absolute atomic E-state index is 9.91. The lowest BCUT2D eigenvalue weighted by Gasteiger charge is -2.20. The summed E-state index contributed by atoms with van der Waals surface area (Å²) in [6.07, 6.45) is 49.0. The van der Waals surface area contributed by atoms with E-state index in [1.165, 1.54) is 128 Å². The summed E-state index contributed by atoms with van der Waals surface area (Å²) in [5.41, 5.74) is 0. The first-order chi connectivity index (χ1) is 23.2. The van der Waals surface area contributed by atoms with Crippen LogP contribution in [0.5, 0.6) is 0 Å². The molecule has 0 saturated carbocycles. The van der Waals surface area contributed by atoms with Crippen LogP contribution < -0.4 is 0 Å². The molecule has 0 aliphatic carbocycles. The molecule has 1 rings (SSSR count). The van der Waals surface area contributed by atoms with Crippen molar-refractivity contribution in [1.82, 2.24) is 4.90 Å². The van der Waals surface area contributed by atoms with E-state index in [1.54, 1.807) is 0 Å². The van der Waals surface area contributed by atoms with Gasteiger partial charge in [0.15, 0.2) is 0 Å².